The van der Waals surface area contributed by atoms with Crippen LogP contribution in [-0.4, -0.2) is 28.8 Å². The molecule has 0 amide bonds. The smallest absolute Gasteiger partial charge is 0.229 e. The summed E-state index contributed by atoms with van der Waals surface area (Å²) in [5, 5.41) is 16.3. The van der Waals surface area contributed by atoms with Crippen molar-refractivity contribution in [2.24, 2.45) is 0 Å². The number of aliphatic hydroxyl groups is 1. The van der Waals surface area contributed by atoms with Gasteiger partial charge < -0.3 is 20.5 Å². The van der Waals surface area contributed by atoms with Gasteiger partial charge in [-0.2, -0.15) is 4.98 Å². The summed E-state index contributed by atoms with van der Waals surface area (Å²) in [6.07, 6.45) is 0.607. The van der Waals surface area contributed by atoms with Gasteiger partial charge in [0.1, 0.15) is 22.9 Å². The highest BCUT2D eigenvalue weighted by atomic mass is 35.5. The first-order valence-electron chi connectivity index (χ1n) is 9.50. The molecule has 4 aromatic rings. The standard InChI is InChI=1S/C23H21FN4O2.ClH/c1-30-20-4-2-3-19-21(20)27-23(26-18-9-5-15(6-10-18)13-14-29)28-22(19)25-17-11-7-16(24)8-12-17;/h2-12,29H,13-14H2,1H3,(H2,25,26,27,28);1H. The van der Waals surface area contributed by atoms with Crippen LogP contribution in [0.2, 0.25) is 0 Å². The van der Waals surface area contributed by atoms with Crippen molar-refractivity contribution in [1.82, 2.24) is 9.97 Å². The van der Waals surface area contributed by atoms with Crippen LogP contribution in [-0.2, 0) is 6.42 Å². The Hall–Kier alpha value is -3.42. The molecule has 0 spiro atoms. The van der Waals surface area contributed by atoms with E-state index in [9.17, 15) is 4.39 Å². The van der Waals surface area contributed by atoms with E-state index in [2.05, 4.69) is 20.6 Å². The fourth-order valence-electron chi connectivity index (χ4n) is 3.12. The van der Waals surface area contributed by atoms with E-state index in [-0.39, 0.29) is 24.8 Å². The van der Waals surface area contributed by atoms with E-state index in [0.29, 0.717) is 35.1 Å². The highest BCUT2D eigenvalue weighted by molar-refractivity contribution is 5.95. The molecule has 4 rings (SSSR count). The number of nitrogens with zero attached hydrogens (tertiary/aromatic N) is 2. The molecule has 0 aliphatic heterocycles. The molecule has 0 radical (unpaired) electrons. The van der Waals surface area contributed by atoms with Crippen molar-refractivity contribution in [3.05, 3.63) is 78.1 Å². The third kappa shape index (κ3) is 5.20. The van der Waals surface area contributed by atoms with Crippen LogP contribution in [0.5, 0.6) is 5.75 Å². The van der Waals surface area contributed by atoms with E-state index in [1.54, 1.807) is 19.2 Å². The molecule has 1 aromatic heterocycles. The van der Waals surface area contributed by atoms with E-state index in [4.69, 9.17) is 9.84 Å². The average Bonchev–Trinajstić information content (AvgIpc) is 2.76. The average molecular weight is 441 g/mol. The van der Waals surface area contributed by atoms with Gasteiger partial charge in [0.2, 0.25) is 5.95 Å². The zero-order chi connectivity index (χ0) is 20.9. The maximum Gasteiger partial charge on any atom is 0.229 e. The molecule has 160 valence electrons. The Kier molecular flexibility index (Phi) is 7.23. The predicted octanol–water partition coefficient (Wildman–Crippen LogP) is 5.22. The Morgan fingerprint density at radius 3 is 2.26 bits per heavy atom. The highest BCUT2D eigenvalue weighted by Gasteiger charge is 2.12. The van der Waals surface area contributed by atoms with E-state index in [1.165, 1.54) is 12.1 Å². The van der Waals surface area contributed by atoms with Crippen molar-refractivity contribution in [1.29, 1.82) is 0 Å². The third-order valence-corrected chi connectivity index (χ3v) is 4.63. The molecular formula is C23H22ClFN4O2. The summed E-state index contributed by atoms with van der Waals surface area (Å²) in [4.78, 5) is 9.25. The van der Waals surface area contributed by atoms with Crippen LogP contribution < -0.4 is 15.4 Å². The molecule has 0 atom stereocenters. The lowest BCUT2D eigenvalue weighted by Gasteiger charge is -2.14. The first-order valence-corrected chi connectivity index (χ1v) is 9.50. The maximum absolute atomic E-state index is 13.3. The minimum absolute atomic E-state index is 0. The number of methoxy groups -OCH3 is 1. The molecule has 3 N–H and O–H groups in total. The Morgan fingerprint density at radius 1 is 0.903 bits per heavy atom. The van der Waals surface area contributed by atoms with Crippen molar-refractivity contribution in [2.45, 2.75) is 6.42 Å². The van der Waals surface area contributed by atoms with Gasteiger partial charge >= 0.3 is 0 Å². The molecule has 3 aromatic carbocycles. The molecule has 0 aliphatic carbocycles. The maximum atomic E-state index is 13.3. The second-order valence-corrected chi connectivity index (χ2v) is 6.68. The highest BCUT2D eigenvalue weighted by Crippen LogP contribution is 2.31. The van der Waals surface area contributed by atoms with Gasteiger partial charge in [-0.25, -0.2) is 9.37 Å². The molecule has 0 fully saturated rings. The zero-order valence-corrected chi connectivity index (χ0v) is 17.6. The third-order valence-electron chi connectivity index (χ3n) is 4.63. The van der Waals surface area contributed by atoms with Gasteiger partial charge in [0, 0.05) is 23.4 Å². The van der Waals surface area contributed by atoms with Gasteiger partial charge in [0.25, 0.3) is 0 Å². The van der Waals surface area contributed by atoms with Gasteiger partial charge in [-0.05, 0) is 60.5 Å². The number of benzene rings is 3. The first kappa shape index (κ1) is 22.3. The number of nitrogens with one attached hydrogen (secondary N) is 2. The molecular weight excluding hydrogens is 419 g/mol. The van der Waals surface area contributed by atoms with Crippen LogP contribution in [0.4, 0.5) is 27.5 Å². The fraction of sp³-hybridized carbons (Fsp3) is 0.130. The monoisotopic (exact) mass is 440 g/mol. The predicted molar refractivity (Wildman–Crippen MR) is 124 cm³/mol. The van der Waals surface area contributed by atoms with Crippen molar-refractivity contribution in [2.75, 3.05) is 24.4 Å². The second kappa shape index (κ2) is 10.1. The molecule has 0 saturated heterocycles. The number of aliphatic hydroxyl groups excluding tert-OH is 1. The Bertz CT molecular complexity index is 1150. The normalized spacial score (nSPS) is 10.4. The Labute approximate surface area is 185 Å². The van der Waals surface area contributed by atoms with Crippen LogP contribution in [0, 0.1) is 5.82 Å². The minimum atomic E-state index is -0.304. The molecule has 0 bridgehead atoms. The Morgan fingerprint density at radius 2 is 1.58 bits per heavy atom. The quantitative estimate of drug-likeness (QED) is 0.365. The summed E-state index contributed by atoms with van der Waals surface area (Å²) < 4.78 is 18.7. The van der Waals surface area contributed by atoms with Crippen LogP contribution >= 0.6 is 12.4 Å². The summed E-state index contributed by atoms with van der Waals surface area (Å²) in [7, 11) is 1.59. The minimum Gasteiger partial charge on any atom is -0.494 e. The SMILES string of the molecule is COc1cccc2c(Nc3ccc(F)cc3)nc(Nc3ccc(CCO)cc3)nc12.Cl. The lowest BCUT2D eigenvalue weighted by atomic mass is 10.1. The number of rotatable bonds is 7. The van der Waals surface area contributed by atoms with E-state index >= 15 is 0 Å². The van der Waals surface area contributed by atoms with E-state index < -0.39 is 0 Å². The van der Waals surface area contributed by atoms with Crippen LogP contribution in [0.15, 0.2) is 66.7 Å². The molecule has 0 unspecified atom stereocenters. The number of hydrogen-bond acceptors (Lipinski definition) is 6. The van der Waals surface area contributed by atoms with Crippen molar-refractivity contribution in [3.8, 4) is 5.75 Å². The molecule has 31 heavy (non-hydrogen) atoms. The van der Waals surface area contributed by atoms with Gasteiger partial charge in [0.05, 0.1) is 7.11 Å². The lowest BCUT2D eigenvalue weighted by Crippen LogP contribution is -2.03. The topological polar surface area (TPSA) is 79.3 Å². The number of para-hydroxylation sites is 1. The van der Waals surface area contributed by atoms with Crippen molar-refractivity contribution < 1.29 is 14.2 Å². The number of fused-ring (bicyclic) bond motifs is 1. The van der Waals surface area contributed by atoms with Crippen molar-refractivity contribution >= 4 is 46.5 Å². The van der Waals surface area contributed by atoms with Crippen LogP contribution in [0.25, 0.3) is 10.9 Å². The number of ether oxygens (including phenoxy) is 1. The van der Waals surface area contributed by atoms with Gasteiger partial charge in [-0.3, -0.25) is 0 Å². The van der Waals surface area contributed by atoms with Gasteiger partial charge in [-0.15, -0.1) is 12.4 Å². The fourth-order valence-corrected chi connectivity index (χ4v) is 3.12. The van der Waals surface area contributed by atoms with Gasteiger partial charge in [0.15, 0.2) is 0 Å². The number of hydrogen-bond donors (Lipinski definition) is 3. The van der Waals surface area contributed by atoms with E-state index in [1.807, 2.05) is 42.5 Å². The largest absolute Gasteiger partial charge is 0.494 e. The first-order chi connectivity index (χ1) is 14.7. The molecule has 6 nitrogen and oxygen atoms in total. The van der Waals surface area contributed by atoms with Crippen molar-refractivity contribution in [3.63, 3.8) is 0 Å². The molecule has 0 saturated carbocycles. The number of halogens is 2. The summed E-state index contributed by atoms with van der Waals surface area (Å²) >= 11 is 0. The number of anilines is 4. The summed E-state index contributed by atoms with van der Waals surface area (Å²) in [5.74, 6) is 1.29. The summed E-state index contributed by atoms with van der Waals surface area (Å²) in [6.45, 7) is 0.110. The summed E-state index contributed by atoms with van der Waals surface area (Å²) in [6, 6.07) is 19.4. The van der Waals surface area contributed by atoms with E-state index in [0.717, 1.165) is 16.6 Å². The molecule has 0 aliphatic rings. The Balaban J connectivity index is 0.00000272. The zero-order valence-electron chi connectivity index (χ0n) is 16.8. The lowest BCUT2D eigenvalue weighted by molar-refractivity contribution is 0.299. The molecule has 8 heteroatoms. The second-order valence-electron chi connectivity index (χ2n) is 6.68. The molecule has 1 heterocycles. The van der Waals surface area contributed by atoms with Crippen LogP contribution in [0.3, 0.4) is 0 Å². The number of aromatic nitrogens is 2. The summed E-state index contributed by atoms with van der Waals surface area (Å²) in [5.41, 5.74) is 3.22. The van der Waals surface area contributed by atoms with Crippen LogP contribution in [0.1, 0.15) is 5.56 Å². The van der Waals surface area contributed by atoms with Gasteiger partial charge in [-0.1, -0.05) is 18.2 Å².